The number of carboxylic acid groups (broad SMARTS) is 1. The van der Waals surface area contributed by atoms with E-state index in [1.807, 2.05) is 0 Å². The number of nitrogens with zero attached hydrogens (tertiary/aromatic N) is 1. The molecule has 1 amide bonds. The van der Waals surface area contributed by atoms with E-state index < -0.39 is 5.97 Å². The molecule has 5 heteroatoms. The summed E-state index contributed by atoms with van der Waals surface area (Å²) < 4.78 is 0. The molecule has 0 bridgehead atoms. The largest absolute Gasteiger partial charge is 0.478 e. The Labute approximate surface area is 83.4 Å². The second-order valence-electron chi connectivity index (χ2n) is 2.98. The summed E-state index contributed by atoms with van der Waals surface area (Å²) in [4.78, 5) is 22.6. The summed E-state index contributed by atoms with van der Waals surface area (Å²) >= 11 is 0. The van der Waals surface area contributed by atoms with E-state index in [9.17, 15) is 9.59 Å². The molecule has 80 valence electrons. The van der Waals surface area contributed by atoms with Crippen molar-refractivity contribution in [1.29, 1.82) is 0 Å². The first-order chi connectivity index (χ1) is 6.54. The normalized spacial score (nSPS) is 10.4. The van der Waals surface area contributed by atoms with E-state index in [1.54, 1.807) is 14.1 Å². The first kappa shape index (κ1) is 12.6. The third-order valence-corrected chi connectivity index (χ3v) is 1.54. The van der Waals surface area contributed by atoms with Crippen LogP contribution in [0.1, 0.15) is 6.42 Å². The van der Waals surface area contributed by atoms with E-state index in [4.69, 9.17) is 5.11 Å². The van der Waals surface area contributed by atoms with Crippen molar-refractivity contribution in [1.82, 2.24) is 10.2 Å². The van der Waals surface area contributed by atoms with Crippen molar-refractivity contribution in [3.8, 4) is 0 Å². The number of amides is 1. The standard InChI is InChI=1S/C9H16N2O3/c1-11(2)8(12)5-7-10-6-3-4-9(13)14/h3-4,10H,5-7H2,1-2H3,(H,13,14)/b4-3+. The van der Waals surface area contributed by atoms with Gasteiger partial charge in [0.05, 0.1) is 0 Å². The van der Waals surface area contributed by atoms with E-state index in [0.29, 0.717) is 19.5 Å². The molecule has 0 atom stereocenters. The lowest BCUT2D eigenvalue weighted by Gasteiger charge is -2.09. The lowest BCUT2D eigenvalue weighted by molar-refractivity contribution is -0.131. The Morgan fingerprint density at radius 2 is 2.07 bits per heavy atom. The average molecular weight is 200 g/mol. The molecule has 0 saturated carbocycles. The summed E-state index contributed by atoms with van der Waals surface area (Å²) in [7, 11) is 3.40. The first-order valence-corrected chi connectivity index (χ1v) is 4.34. The number of rotatable bonds is 6. The van der Waals surface area contributed by atoms with Crippen LogP contribution in [0.4, 0.5) is 0 Å². The van der Waals surface area contributed by atoms with Gasteiger partial charge in [-0.2, -0.15) is 0 Å². The molecular formula is C9H16N2O3. The highest BCUT2D eigenvalue weighted by atomic mass is 16.4. The van der Waals surface area contributed by atoms with Crippen LogP contribution in [0.3, 0.4) is 0 Å². The van der Waals surface area contributed by atoms with E-state index in [-0.39, 0.29) is 5.91 Å². The fraction of sp³-hybridized carbons (Fsp3) is 0.556. The molecular weight excluding hydrogens is 184 g/mol. The zero-order chi connectivity index (χ0) is 11.0. The molecule has 0 aliphatic heterocycles. The third-order valence-electron chi connectivity index (χ3n) is 1.54. The topological polar surface area (TPSA) is 69.6 Å². The summed E-state index contributed by atoms with van der Waals surface area (Å²) in [6.07, 6.45) is 3.00. The van der Waals surface area contributed by atoms with Gasteiger partial charge in [0.15, 0.2) is 0 Å². The number of hydrogen-bond acceptors (Lipinski definition) is 3. The molecule has 0 saturated heterocycles. The molecule has 0 aromatic carbocycles. The zero-order valence-electron chi connectivity index (χ0n) is 8.49. The van der Waals surface area contributed by atoms with E-state index in [0.717, 1.165) is 6.08 Å². The lowest BCUT2D eigenvalue weighted by atomic mass is 10.3. The maximum atomic E-state index is 11.1. The van der Waals surface area contributed by atoms with Crippen LogP contribution in [0.2, 0.25) is 0 Å². The summed E-state index contributed by atoms with van der Waals surface area (Å²) in [5.74, 6) is -0.907. The van der Waals surface area contributed by atoms with Gasteiger partial charge in [-0.1, -0.05) is 6.08 Å². The van der Waals surface area contributed by atoms with Crippen LogP contribution in [-0.4, -0.2) is 49.1 Å². The quantitative estimate of drug-likeness (QED) is 0.456. The molecule has 0 spiro atoms. The number of carbonyl (C=O) groups excluding carboxylic acids is 1. The second kappa shape index (κ2) is 7.08. The summed E-state index contributed by atoms with van der Waals surface area (Å²) in [5, 5.41) is 11.2. The van der Waals surface area contributed by atoms with Crippen LogP contribution < -0.4 is 5.32 Å². The Bertz CT molecular complexity index is 224. The van der Waals surface area contributed by atoms with Crippen molar-refractivity contribution in [3.05, 3.63) is 12.2 Å². The SMILES string of the molecule is CN(C)C(=O)CCNC/C=C/C(=O)O. The molecule has 0 unspecified atom stereocenters. The molecule has 0 heterocycles. The Morgan fingerprint density at radius 1 is 1.43 bits per heavy atom. The van der Waals surface area contributed by atoms with Crippen molar-refractivity contribution in [2.24, 2.45) is 0 Å². The number of hydrogen-bond donors (Lipinski definition) is 2. The number of aliphatic carboxylic acids is 1. The Morgan fingerprint density at radius 3 is 2.57 bits per heavy atom. The number of nitrogens with one attached hydrogen (secondary N) is 1. The number of carboxylic acids is 1. The molecule has 0 radical (unpaired) electrons. The minimum absolute atomic E-state index is 0.0553. The van der Waals surface area contributed by atoms with Gasteiger partial charge in [-0.05, 0) is 0 Å². The van der Waals surface area contributed by atoms with Crippen molar-refractivity contribution in [3.63, 3.8) is 0 Å². The van der Waals surface area contributed by atoms with Gasteiger partial charge in [-0.15, -0.1) is 0 Å². The van der Waals surface area contributed by atoms with Gasteiger partial charge < -0.3 is 15.3 Å². The predicted molar refractivity (Wildman–Crippen MR) is 53.0 cm³/mol. The van der Waals surface area contributed by atoms with Crippen molar-refractivity contribution < 1.29 is 14.7 Å². The first-order valence-electron chi connectivity index (χ1n) is 4.34. The highest BCUT2D eigenvalue weighted by Crippen LogP contribution is 1.84. The van der Waals surface area contributed by atoms with Gasteiger partial charge in [0.2, 0.25) is 5.91 Å². The van der Waals surface area contributed by atoms with E-state index in [2.05, 4.69) is 5.32 Å². The minimum Gasteiger partial charge on any atom is -0.478 e. The third kappa shape index (κ3) is 7.30. The Balaban J connectivity index is 3.39. The van der Waals surface area contributed by atoms with Crippen LogP contribution in [0, 0.1) is 0 Å². The smallest absolute Gasteiger partial charge is 0.328 e. The maximum Gasteiger partial charge on any atom is 0.328 e. The van der Waals surface area contributed by atoms with Gasteiger partial charge in [0.1, 0.15) is 0 Å². The maximum absolute atomic E-state index is 11.1. The second-order valence-corrected chi connectivity index (χ2v) is 2.98. The zero-order valence-corrected chi connectivity index (χ0v) is 8.49. The molecule has 14 heavy (non-hydrogen) atoms. The fourth-order valence-electron chi connectivity index (χ4n) is 0.764. The van der Waals surface area contributed by atoms with E-state index >= 15 is 0 Å². The highest BCUT2D eigenvalue weighted by Gasteiger charge is 2.01. The summed E-state index contributed by atoms with van der Waals surface area (Å²) in [6.45, 7) is 1.02. The van der Waals surface area contributed by atoms with E-state index in [1.165, 1.54) is 11.0 Å². The predicted octanol–water partition coefficient (Wildman–Crippen LogP) is -0.305. The molecule has 0 aliphatic carbocycles. The molecule has 0 aromatic heterocycles. The summed E-state index contributed by atoms with van der Waals surface area (Å²) in [6, 6.07) is 0. The highest BCUT2D eigenvalue weighted by molar-refractivity contribution is 5.79. The van der Waals surface area contributed by atoms with Gasteiger partial charge in [-0.25, -0.2) is 4.79 Å². The Kier molecular flexibility index (Phi) is 6.39. The van der Waals surface area contributed by atoms with Gasteiger partial charge >= 0.3 is 5.97 Å². The number of carbonyl (C=O) groups is 2. The minimum atomic E-state index is -0.962. The molecule has 0 aromatic rings. The van der Waals surface area contributed by atoms with Crippen LogP contribution in [0.5, 0.6) is 0 Å². The molecule has 0 fully saturated rings. The molecule has 5 nitrogen and oxygen atoms in total. The lowest BCUT2D eigenvalue weighted by Crippen LogP contribution is -2.26. The fourth-order valence-corrected chi connectivity index (χ4v) is 0.764. The van der Waals surface area contributed by atoms with Crippen molar-refractivity contribution in [2.45, 2.75) is 6.42 Å². The van der Waals surface area contributed by atoms with Crippen LogP contribution >= 0.6 is 0 Å². The monoisotopic (exact) mass is 200 g/mol. The van der Waals surface area contributed by atoms with Crippen molar-refractivity contribution >= 4 is 11.9 Å². The Hall–Kier alpha value is -1.36. The van der Waals surface area contributed by atoms with Crippen LogP contribution in [0.25, 0.3) is 0 Å². The average Bonchev–Trinajstić information content (AvgIpc) is 2.09. The van der Waals surface area contributed by atoms with Gasteiger partial charge in [0.25, 0.3) is 0 Å². The van der Waals surface area contributed by atoms with Gasteiger partial charge in [0, 0.05) is 39.7 Å². The van der Waals surface area contributed by atoms with Crippen LogP contribution in [0.15, 0.2) is 12.2 Å². The van der Waals surface area contributed by atoms with Gasteiger partial charge in [-0.3, -0.25) is 4.79 Å². The van der Waals surface area contributed by atoms with Crippen molar-refractivity contribution in [2.75, 3.05) is 27.2 Å². The molecule has 0 rings (SSSR count). The molecule has 0 aliphatic rings. The molecule has 2 N–H and O–H groups in total. The van der Waals surface area contributed by atoms with Crippen LogP contribution in [-0.2, 0) is 9.59 Å². The summed E-state index contributed by atoms with van der Waals surface area (Å²) in [5.41, 5.74) is 0.